The van der Waals surface area contributed by atoms with Crippen LogP contribution in [0.25, 0.3) is 11.4 Å². The summed E-state index contributed by atoms with van der Waals surface area (Å²) in [6, 6.07) is 14.8. The normalized spacial score (nSPS) is 12.0. The van der Waals surface area contributed by atoms with Crippen LogP contribution in [-0.4, -0.2) is 22.6 Å². The predicted molar refractivity (Wildman–Crippen MR) is 96.7 cm³/mol. The summed E-state index contributed by atoms with van der Waals surface area (Å²) in [6.45, 7) is 4.21. The zero-order valence-corrected chi connectivity index (χ0v) is 14.7. The second kappa shape index (κ2) is 7.49. The Morgan fingerprint density at radius 2 is 2.00 bits per heavy atom. The lowest BCUT2D eigenvalue weighted by atomic mass is 10.1. The van der Waals surface area contributed by atoms with E-state index in [0.717, 1.165) is 11.1 Å². The van der Waals surface area contributed by atoms with E-state index in [0.29, 0.717) is 28.8 Å². The van der Waals surface area contributed by atoms with Crippen LogP contribution in [0.4, 0.5) is 0 Å². The smallest absolute Gasteiger partial charge is 0.251 e. The summed E-state index contributed by atoms with van der Waals surface area (Å²) >= 11 is 6.06. The second-order valence-electron chi connectivity index (χ2n) is 5.90. The standard InChI is InChI=1S/C19H18ClN3O2/c1-12-8-9-15(10-16(12)20)18(24)21-11-13(2)19-22-17(23-25-19)14-6-4-3-5-7-14/h3-10,13H,11H2,1-2H3,(H,21,24). The molecule has 0 saturated carbocycles. The number of carbonyl (C=O) groups excluding carboxylic acids is 1. The third-order valence-corrected chi connectivity index (χ3v) is 4.31. The highest BCUT2D eigenvalue weighted by Gasteiger charge is 2.17. The first-order valence-corrected chi connectivity index (χ1v) is 8.36. The maximum Gasteiger partial charge on any atom is 0.251 e. The number of rotatable bonds is 5. The lowest BCUT2D eigenvalue weighted by Gasteiger charge is -2.09. The monoisotopic (exact) mass is 355 g/mol. The molecule has 3 aromatic rings. The summed E-state index contributed by atoms with van der Waals surface area (Å²) in [5, 5.41) is 7.44. The molecular weight excluding hydrogens is 338 g/mol. The average molecular weight is 356 g/mol. The molecule has 6 heteroatoms. The molecule has 0 bridgehead atoms. The van der Waals surface area contributed by atoms with Gasteiger partial charge in [0.05, 0.1) is 5.92 Å². The van der Waals surface area contributed by atoms with E-state index in [1.165, 1.54) is 0 Å². The summed E-state index contributed by atoms with van der Waals surface area (Å²) in [5.41, 5.74) is 2.35. The number of hydrogen-bond acceptors (Lipinski definition) is 4. The van der Waals surface area contributed by atoms with Crippen LogP contribution in [0.2, 0.25) is 5.02 Å². The number of benzene rings is 2. The molecule has 0 aliphatic carbocycles. The first kappa shape index (κ1) is 17.2. The van der Waals surface area contributed by atoms with Crippen LogP contribution in [0.15, 0.2) is 53.1 Å². The van der Waals surface area contributed by atoms with Gasteiger partial charge in [-0.05, 0) is 24.6 Å². The molecule has 0 aliphatic heterocycles. The van der Waals surface area contributed by atoms with Gasteiger partial charge < -0.3 is 9.84 Å². The van der Waals surface area contributed by atoms with Gasteiger partial charge in [0.25, 0.3) is 5.91 Å². The zero-order valence-electron chi connectivity index (χ0n) is 14.0. The van der Waals surface area contributed by atoms with Crippen LogP contribution >= 0.6 is 11.6 Å². The Bertz CT molecular complexity index is 877. The number of aryl methyl sites for hydroxylation is 1. The maximum absolute atomic E-state index is 12.2. The fourth-order valence-corrected chi connectivity index (χ4v) is 2.49. The highest BCUT2D eigenvalue weighted by molar-refractivity contribution is 6.31. The first-order valence-electron chi connectivity index (χ1n) is 7.98. The van der Waals surface area contributed by atoms with E-state index in [1.54, 1.807) is 12.1 Å². The van der Waals surface area contributed by atoms with Crippen molar-refractivity contribution in [3.8, 4) is 11.4 Å². The Balaban J connectivity index is 1.62. The fraction of sp³-hybridized carbons (Fsp3) is 0.211. The van der Waals surface area contributed by atoms with E-state index in [-0.39, 0.29) is 11.8 Å². The van der Waals surface area contributed by atoms with Crippen molar-refractivity contribution < 1.29 is 9.32 Å². The summed E-state index contributed by atoms with van der Waals surface area (Å²) in [5.74, 6) is 0.742. The topological polar surface area (TPSA) is 68.0 Å². The quantitative estimate of drug-likeness (QED) is 0.743. The summed E-state index contributed by atoms with van der Waals surface area (Å²) in [6.07, 6.45) is 0. The Morgan fingerprint density at radius 3 is 2.72 bits per heavy atom. The number of halogens is 1. The van der Waals surface area contributed by atoms with Gasteiger partial charge in [0, 0.05) is 22.7 Å². The van der Waals surface area contributed by atoms with E-state index in [1.807, 2.05) is 50.2 Å². The molecule has 0 fully saturated rings. The highest BCUT2D eigenvalue weighted by atomic mass is 35.5. The average Bonchev–Trinajstić information content (AvgIpc) is 3.12. The third kappa shape index (κ3) is 4.06. The lowest BCUT2D eigenvalue weighted by molar-refractivity contribution is 0.0950. The van der Waals surface area contributed by atoms with Crippen LogP contribution in [0, 0.1) is 6.92 Å². The minimum absolute atomic E-state index is 0.102. The largest absolute Gasteiger partial charge is 0.351 e. The molecule has 1 atom stereocenters. The molecule has 1 amide bonds. The van der Waals surface area contributed by atoms with Gasteiger partial charge in [-0.25, -0.2) is 0 Å². The number of nitrogens with zero attached hydrogens (tertiary/aromatic N) is 2. The molecule has 1 heterocycles. The number of amides is 1. The van der Waals surface area contributed by atoms with E-state index in [9.17, 15) is 4.79 Å². The number of hydrogen-bond donors (Lipinski definition) is 1. The van der Waals surface area contributed by atoms with E-state index < -0.39 is 0 Å². The Morgan fingerprint density at radius 1 is 1.24 bits per heavy atom. The number of nitrogens with one attached hydrogen (secondary N) is 1. The van der Waals surface area contributed by atoms with Crippen LogP contribution in [-0.2, 0) is 0 Å². The van der Waals surface area contributed by atoms with Gasteiger partial charge in [0.2, 0.25) is 11.7 Å². The Hall–Kier alpha value is -2.66. The van der Waals surface area contributed by atoms with Crippen LogP contribution in [0.5, 0.6) is 0 Å². The second-order valence-corrected chi connectivity index (χ2v) is 6.30. The molecule has 1 unspecified atom stereocenters. The van der Waals surface area contributed by atoms with Gasteiger partial charge >= 0.3 is 0 Å². The number of aromatic nitrogens is 2. The summed E-state index contributed by atoms with van der Waals surface area (Å²) in [7, 11) is 0. The molecule has 0 spiro atoms. The molecule has 2 aromatic carbocycles. The van der Waals surface area contributed by atoms with Gasteiger partial charge in [0.15, 0.2) is 0 Å². The molecule has 3 rings (SSSR count). The lowest BCUT2D eigenvalue weighted by Crippen LogP contribution is -2.27. The van der Waals surface area contributed by atoms with Crippen molar-refractivity contribution in [2.45, 2.75) is 19.8 Å². The molecule has 0 radical (unpaired) electrons. The van der Waals surface area contributed by atoms with Crippen molar-refractivity contribution in [2.75, 3.05) is 6.54 Å². The highest BCUT2D eigenvalue weighted by Crippen LogP contribution is 2.20. The predicted octanol–water partition coefficient (Wildman–Crippen LogP) is 4.23. The number of carbonyl (C=O) groups is 1. The molecule has 1 N–H and O–H groups in total. The molecular formula is C19H18ClN3O2. The van der Waals surface area contributed by atoms with Crippen molar-refractivity contribution in [1.82, 2.24) is 15.5 Å². The molecule has 0 saturated heterocycles. The van der Waals surface area contributed by atoms with E-state index in [4.69, 9.17) is 16.1 Å². The van der Waals surface area contributed by atoms with Gasteiger partial charge in [-0.15, -0.1) is 0 Å². The van der Waals surface area contributed by atoms with Crippen molar-refractivity contribution >= 4 is 17.5 Å². The van der Waals surface area contributed by atoms with Crippen molar-refractivity contribution in [1.29, 1.82) is 0 Å². The fourth-order valence-electron chi connectivity index (χ4n) is 2.31. The van der Waals surface area contributed by atoms with Crippen molar-refractivity contribution in [3.05, 3.63) is 70.6 Å². The van der Waals surface area contributed by atoms with Gasteiger partial charge in [-0.3, -0.25) is 4.79 Å². The molecule has 25 heavy (non-hydrogen) atoms. The van der Waals surface area contributed by atoms with Crippen LogP contribution < -0.4 is 5.32 Å². The SMILES string of the molecule is Cc1ccc(C(=O)NCC(C)c2nc(-c3ccccc3)no2)cc1Cl. The minimum atomic E-state index is -0.184. The van der Waals surface area contributed by atoms with Crippen molar-refractivity contribution in [3.63, 3.8) is 0 Å². The third-order valence-electron chi connectivity index (χ3n) is 3.90. The van der Waals surface area contributed by atoms with Crippen LogP contribution in [0.1, 0.15) is 34.7 Å². The van der Waals surface area contributed by atoms with E-state index in [2.05, 4.69) is 15.5 Å². The van der Waals surface area contributed by atoms with Crippen LogP contribution in [0.3, 0.4) is 0 Å². The van der Waals surface area contributed by atoms with Gasteiger partial charge in [0.1, 0.15) is 0 Å². The first-order chi connectivity index (χ1) is 12.0. The minimum Gasteiger partial charge on any atom is -0.351 e. The van der Waals surface area contributed by atoms with Crippen molar-refractivity contribution in [2.24, 2.45) is 0 Å². The maximum atomic E-state index is 12.2. The Kier molecular flexibility index (Phi) is 5.14. The van der Waals surface area contributed by atoms with Gasteiger partial charge in [-0.1, -0.05) is 60.1 Å². The zero-order chi connectivity index (χ0) is 17.8. The molecule has 5 nitrogen and oxygen atoms in total. The molecule has 1 aromatic heterocycles. The summed E-state index contributed by atoms with van der Waals surface area (Å²) in [4.78, 5) is 16.6. The molecule has 0 aliphatic rings. The van der Waals surface area contributed by atoms with Gasteiger partial charge in [-0.2, -0.15) is 4.98 Å². The van der Waals surface area contributed by atoms with E-state index >= 15 is 0 Å². The summed E-state index contributed by atoms with van der Waals surface area (Å²) < 4.78 is 5.32. The Labute approximate surface area is 151 Å². The molecule has 128 valence electrons.